The van der Waals surface area contributed by atoms with E-state index in [2.05, 4.69) is 5.10 Å². The number of carbonyl (C=O) groups excluding carboxylic acids is 2. The second-order valence-corrected chi connectivity index (χ2v) is 8.15. The Morgan fingerprint density at radius 2 is 1.34 bits per heavy atom. The highest BCUT2D eigenvalue weighted by atomic mass is 32.2. The molecule has 3 N–H and O–H groups in total. The van der Waals surface area contributed by atoms with E-state index in [1.807, 2.05) is 12.1 Å². The largest absolute Gasteiger partial charge is 0.299 e. The Hall–Kier alpha value is -4.08. The lowest BCUT2D eigenvalue weighted by Gasteiger charge is -2.10. The van der Waals surface area contributed by atoms with Crippen molar-refractivity contribution < 1.29 is 18.0 Å². The van der Waals surface area contributed by atoms with Crippen LogP contribution in [0.25, 0.3) is 16.9 Å². The number of amides is 1. The summed E-state index contributed by atoms with van der Waals surface area (Å²) in [5.41, 5.74) is 1.50. The number of aromatic nitrogens is 2. The molecule has 0 bridgehead atoms. The van der Waals surface area contributed by atoms with E-state index in [4.69, 9.17) is 5.14 Å². The minimum atomic E-state index is -4.37. The van der Waals surface area contributed by atoms with E-state index >= 15 is 0 Å². The number of carbonyl (C=O) groups is 2. The predicted octanol–water partition coefficient (Wildman–Crippen LogP) is 2.70. The van der Waals surface area contributed by atoms with E-state index < -0.39 is 21.9 Å². The Morgan fingerprint density at radius 3 is 1.91 bits per heavy atom. The fraction of sp³-hybridized carbons (Fsp3) is 0. The number of hydrogen-bond acceptors (Lipinski definition) is 5. The first kappa shape index (κ1) is 21.2. The van der Waals surface area contributed by atoms with Gasteiger partial charge in [-0.25, -0.2) is 14.5 Å². The molecule has 9 heteroatoms. The van der Waals surface area contributed by atoms with E-state index in [-0.39, 0.29) is 11.3 Å². The number of nitrogens with two attached hydrogens (primary N) is 1. The number of benzene rings is 3. The number of para-hydroxylation sites is 1. The van der Waals surface area contributed by atoms with Crippen LogP contribution >= 0.6 is 0 Å². The van der Waals surface area contributed by atoms with E-state index in [1.165, 1.54) is 4.68 Å². The third-order valence-electron chi connectivity index (χ3n) is 4.65. The van der Waals surface area contributed by atoms with Gasteiger partial charge in [-0.05, 0) is 12.1 Å². The van der Waals surface area contributed by atoms with Crippen molar-refractivity contribution >= 4 is 21.9 Å². The average Bonchev–Trinajstić information content (AvgIpc) is 3.20. The number of hydrogen-bond donors (Lipinski definition) is 2. The summed E-state index contributed by atoms with van der Waals surface area (Å²) in [4.78, 5) is 26.4. The van der Waals surface area contributed by atoms with Gasteiger partial charge in [0, 0.05) is 11.1 Å². The lowest BCUT2D eigenvalue weighted by molar-refractivity contribution is 0.0962. The SMILES string of the molecule is NS(=O)(=O)NC(=O)c1nn(-c2ccccc2)c(-c2ccccc2)c1C(=O)c1ccccc1. The van der Waals surface area contributed by atoms with Gasteiger partial charge >= 0.3 is 0 Å². The fourth-order valence-electron chi connectivity index (χ4n) is 3.32. The van der Waals surface area contributed by atoms with Gasteiger partial charge in [-0.1, -0.05) is 78.9 Å². The fourth-order valence-corrected chi connectivity index (χ4v) is 3.68. The maximum absolute atomic E-state index is 13.6. The van der Waals surface area contributed by atoms with Crippen molar-refractivity contribution in [1.82, 2.24) is 14.5 Å². The molecule has 0 saturated carbocycles. The summed E-state index contributed by atoms with van der Waals surface area (Å²) in [5.74, 6) is -1.58. The summed E-state index contributed by atoms with van der Waals surface area (Å²) >= 11 is 0. The topological polar surface area (TPSA) is 124 Å². The van der Waals surface area contributed by atoms with Gasteiger partial charge in [0.05, 0.1) is 16.9 Å². The van der Waals surface area contributed by atoms with Crippen molar-refractivity contribution in [1.29, 1.82) is 0 Å². The standard InChI is InChI=1S/C23H18N4O4S/c24-32(30,31)26-23(29)20-19(22(28)17-12-6-2-7-13-17)21(16-10-4-1-5-11-16)27(25-20)18-14-8-3-9-15-18/h1-15H,(H,26,29)(H2,24,30,31). The van der Waals surface area contributed by atoms with Crippen LogP contribution in [-0.2, 0) is 10.2 Å². The molecule has 1 heterocycles. The predicted molar refractivity (Wildman–Crippen MR) is 119 cm³/mol. The van der Waals surface area contributed by atoms with Gasteiger partial charge in [0.15, 0.2) is 11.5 Å². The molecule has 0 aliphatic carbocycles. The molecular formula is C23H18N4O4S. The van der Waals surface area contributed by atoms with Gasteiger partial charge in [-0.15, -0.1) is 0 Å². The highest BCUT2D eigenvalue weighted by Crippen LogP contribution is 2.31. The first-order valence-corrected chi connectivity index (χ1v) is 11.1. The summed E-state index contributed by atoms with van der Waals surface area (Å²) in [6.45, 7) is 0. The zero-order valence-electron chi connectivity index (χ0n) is 16.7. The van der Waals surface area contributed by atoms with Crippen LogP contribution in [0.4, 0.5) is 0 Å². The molecule has 3 aromatic carbocycles. The van der Waals surface area contributed by atoms with Crippen molar-refractivity contribution in [3.63, 3.8) is 0 Å². The first-order chi connectivity index (χ1) is 15.3. The molecule has 0 unspecified atom stereocenters. The minimum Gasteiger partial charge on any atom is -0.288 e. The Kier molecular flexibility index (Phi) is 5.67. The van der Waals surface area contributed by atoms with E-state index in [0.29, 0.717) is 22.5 Å². The lowest BCUT2D eigenvalue weighted by Crippen LogP contribution is -2.37. The number of nitrogens with zero attached hydrogens (tertiary/aromatic N) is 2. The summed E-state index contributed by atoms with van der Waals surface area (Å²) < 4.78 is 26.2. The van der Waals surface area contributed by atoms with E-state index in [9.17, 15) is 18.0 Å². The van der Waals surface area contributed by atoms with Gasteiger partial charge in [0.1, 0.15) is 0 Å². The van der Waals surface area contributed by atoms with Crippen LogP contribution in [0.15, 0.2) is 91.0 Å². The van der Waals surface area contributed by atoms with Crippen LogP contribution in [0.1, 0.15) is 26.4 Å². The molecule has 0 saturated heterocycles. The van der Waals surface area contributed by atoms with Crippen molar-refractivity contribution in [2.24, 2.45) is 5.14 Å². The number of rotatable bonds is 6. The second-order valence-electron chi connectivity index (χ2n) is 6.86. The molecule has 4 aromatic rings. The molecule has 0 aliphatic heterocycles. The highest BCUT2D eigenvalue weighted by Gasteiger charge is 2.31. The van der Waals surface area contributed by atoms with Gasteiger partial charge in [-0.2, -0.15) is 13.5 Å². The maximum atomic E-state index is 13.6. The molecule has 1 amide bonds. The minimum absolute atomic E-state index is 0.0348. The quantitative estimate of drug-likeness (QED) is 0.441. The van der Waals surface area contributed by atoms with Crippen LogP contribution in [-0.4, -0.2) is 29.9 Å². The average molecular weight is 446 g/mol. The van der Waals surface area contributed by atoms with Gasteiger partial charge in [0.25, 0.3) is 16.1 Å². The number of ketones is 1. The molecular weight excluding hydrogens is 428 g/mol. The number of nitrogens with one attached hydrogen (secondary N) is 1. The molecule has 4 rings (SSSR count). The summed E-state index contributed by atoms with van der Waals surface area (Å²) in [6, 6.07) is 26.2. The molecule has 1 aromatic heterocycles. The Balaban J connectivity index is 2.04. The van der Waals surface area contributed by atoms with Crippen LogP contribution < -0.4 is 9.86 Å². The van der Waals surface area contributed by atoms with Crippen LogP contribution in [0.2, 0.25) is 0 Å². The molecule has 32 heavy (non-hydrogen) atoms. The van der Waals surface area contributed by atoms with Crippen molar-refractivity contribution in [2.75, 3.05) is 0 Å². The smallest absolute Gasteiger partial charge is 0.288 e. The van der Waals surface area contributed by atoms with E-state index in [1.54, 1.807) is 83.6 Å². The first-order valence-electron chi connectivity index (χ1n) is 9.53. The maximum Gasteiger partial charge on any atom is 0.299 e. The third kappa shape index (κ3) is 4.34. The van der Waals surface area contributed by atoms with Crippen molar-refractivity contribution in [3.05, 3.63) is 108 Å². The Labute approximate surface area is 184 Å². The summed E-state index contributed by atoms with van der Waals surface area (Å²) in [6.07, 6.45) is 0. The molecule has 8 nitrogen and oxygen atoms in total. The highest BCUT2D eigenvalue weighted by molar-refractivity contribution is 7.87. The molecule has 0 atom stereocenters. The summed E-state index contributed by atoms with van der Waals surface area (Å²) in [5, 5.41) is 9.35. The molecule has 0 aliphatic rings. The van der Waals surface area contributed by atoms with Gasteiger partial charge < -0.3 is 0 Å². The molecule has 0 spiro atoms. The Morgan fingerprint density at radius 1 is 0.812 bits per heavy atom. The third-order valence-corrected chi connectivity index (χ3v) is 5.12. The van der Waals surface area contributed by atoms with Crippen molar-refractivity contribution in [2.45, 2.75) is 0 Å². The summed E-state index contributed by atoms with van der Waals surface area (Å²) in [7, 11) is -4.37. The Bertz CT molecular complexity index is 1380. The molecule has 0 fully saturated rings. The normalized spacial score (nSPS) is 11.2. The van der Waals surface area contributed by atoms with Gasteiger partial charge in [0.2, 0.25) is 0 Å². The van der Waals surface area contributed by atoms with Crippen molar-refractivity contribution in [3.8, 4) is 16.9 Å². The lowest BCUT2D eigenvalue weighted by atomic mass is 9.97. The van der Waals surface area contributed by atoms with Crippen LogP contribution in [0.5, 0.6) is 0 Å². The zero-order valence-corrected chi connectivity index (χ0v) is 17.5. The molecule has 0 radical (unpaired) electrons. The van der Waals surface area contributed by atoms with Gasteiger partial charge in [-0.3, -0.25) is 9.59 Å². The zero-order chi connectivity index (χ0) is 22.7. The monoisotopic (exact) mass is 446 g/mol. The van der Waals surface area contributed by atoms with E-state index in [0.717, 1.165) is 0 Å². The van der Waals surface area contributed by atoms with Crippen LogP contribution in [0, 0.1) is 0 Å². The second kappa shape index (κ2) is 8.58. The van der Waals surface area contributed by atoms with Crippen LogP contribution in [0.3, 0.4) is 0 Å². The molecule has 160 valence electrons.